The summed E-state index contributed by atoms with van der Waals surface area (Å²) in [6.07, 6.45) is 2.22. The summed E-state index contributed by atoms with van der Waals surface area (Å²) in [7, 11) is 1.74. The van der Waals surface area contributed by atoms with Crippen molar-refractivity contribution < 1.29 is 9.47 Å². The summed E-state index contributed by atoms with van der Waals surface area (Å²) in [6, 6.07) is 6.81. The summed E-state index contributed by atoms with van der Waals surface area (Å²) in [4.78, 5) is 0. The smallest absolute Gasteiger partial charge is 0.122 e. The van der Waals surface area contributed by atoms with Crippen LogP contribution in [0.15, 0.2) is 18.2 Å². The molecule has 0 aromatic heterocycles. The molecule has 0 unspecified atom stereocenters. The number of benzene rings is 1. The first kappa shape index (κ1) is 12.0. The van der Waals surface area contributed by atoms with Gasteiger partial charge >= 0.3 is 0 Å². The molecule has 1 aromatic carbocycles. The summed E-state index contributed by atoms with van der Waals surface area (Å²) in [5.41, 5.74) is 8.69. The number of ether oxygens (including phenoxy) is 2. The molecule has 0 atom stereocenters. The maximum absolute atomic E-state index is 5.95. The van der Waals surface area contributed by atoms with Gasteiger partial charge in [-0.25, -0.2) is 0 Å². The van der Waals surface area contributed by atoms with Crippen LogP contribution in [0.3, 0.4) is 0 Å². The fraction of sp³-hybridized carbons (Fsp3) is 0.600. The van der Waals surface area contributed by atoms with Crippen LogP contribution in [0.2, 0.25) is 0 Å². The van der Waals surface area contributed by atoms with E-state index < -0.39 is 0 Å². The Bertz CT molecular complexity index is 448. The van der Waals surface area contributed by atoms with Crippen LogP contribution in [0, 0.1) is 12.8 Å². The maximum Gasteiger partial charge on any atom is 0.122 e. The molecule has 1 saturated heterocycles. The molecule has 1 aliphatic carbocycles. The van der Waals surface area contributed by atoms with Crippen molar-refractivity contribution in [3.8, 4) is 5.75 Å². The van der Waals surface area contributed by atoms with Gasteiger partial charge in [-0.3, -0.25) is 0 Å². The SMILES string of the molecule is COc1ccc(C)cc1C1(C2CC(N)C2)COC1. The number of nitrogens with two attached hydrogens (primary N) is 1. The zero-order valence-corrected chi connectivity index (χ0v) is 11.1. The van der Waals surface area contributed by atoms with Gasteiger partial charge in [-0.1, -0.05) is 17.7 Å². The quantitative estimate of drug-likeness (QED) is 0.888. The van der Waals surface area contributed by atoms with Crippen LogP contribution in [-0.4, -0.2) is 26.4 Å². The van der Waals surface area contributed by atoms with Crippen LogP contribution < -0.4 is 10.5 Å². The molecule has 2 N–H and O–H groups in total. The molecule has 98 valence electrons. The van der Waals surface area contributed by atoms with Crippen LogP contribution in [0.5, 0.6) is 5.75 Å². The van der Waals surface area contributed by atoms with Gasteiger partial charge in [0.15, 0.2) is 0 Å². The lowest BCUT2D eigenvalue weighted by Crippen LogP contribution is -2.58. The van der Waals surface area contributed by atoms with Crippen molar-refractivity contribution in [1.82, 2.24) is 0 Å². The highest BCUT2D eigenvalue weighted by Gasteiger charge is 2.52. The Morgan fingerprint density at radius 3 is 2.56 bits per heavy atom. The molecule has 0 bridgehead atoms. The predicted octanol–water partition coefficient (Wildman–Crippen LogP) is 2.01. The van der Waals surface area contributed by atoms with E-state index in [0.29, 0.717) is 12.0 Å². The van der Waals surface area contributed by atoms with E-state index in [1.165, 1.54) is 11.1 Å². The molecule has 0 radical (unpaired) electrons. The van der Waals surface area contributed by atoms with Gasteiger partial charge in [-0.15, -0.1) is 0 Å². The molecular formula is C15H21NO2. The monoisotopic (exact) mass is 247 g/mol. The number of methoxy groups -OCH3 is 1. The summed E-state index contributed by atoms with van der Waals surface area (Å²) in [5, 5.41) is 0. The largest absolute Gasteiger partial charge is 0.496 e. The second kappa shape index (κ2) is 4.25. The molecule has 1 aliphatic heterocycles. The van der Waals surface area contributed by atoms with Gasteiger partial charge in [-0.05, 0) is 31.7 Å². The number of rotatable bonds is 3. The van der Waals surface area contributed by atoms with Crippen LogP contribution in [-0.2, 0) is 10.2 Å². The Morgan fingerprint density at radius 1 is 1.33 bits per heavy atom. The average molecular weight is 247 g/mol. The first-order valence-electron chi connectivity index (χ1n) is 6.64. The molecule has 0 spiro atoms. The molecule has 1 aromatic rings. The fourth-order valence-electron chi connectivity index (χ4n) is 3.26. The Balaban J connectivity index is 1.98. The Labute approximate surface area is 108 Å². The van der Waals surface area contributed by atoms with Crippen LogP contribution >= 0.6 is 0 Å². The molecule has 3 rings (SSSR count). The Hall–Kier alpha value is -1.06. The van der Waals surface area contributed by atoms with E-state index in [4.69, 9.17) is 15.2 Å². The lowest BCUT2D eigenvalue weighted by molar-refractivity contribution is -0.111. The van der Waals surface area contributed by atoms with Crippen molar-refractivity contribution in [2.45, 2.75) is 31.2 Å². The summed E-state index contributed by atoms with van der Waals surface area (Å²) >= 11 is 0. The highest BCUT2D eigenvalue weighted by Crippen LogP contribution is 2.50. The highest BCUT2D eigenvalue weighted by molar-refractivity contribution is 5.45. The molecule has 0 amide bonds. The topological polar surface area (TPSA) is 44.5 Å². The summed E-state index contributed by atoms with van der Waals surface area (Å²) < 4.78 is 11.1. The standard InChI is InChI=1S/C15H21NO2/c1-10-3-4-14(17-2)13(5-10)15(8-18-9-15)11-6-12(16)7-11/h3-5,11-12H,6-9,16H2,1-2H3. The number of aryl methyl sites for hydroxylation is 1. The predicted molar refractivity (Wildman–Crippen MR) is 70.9 cm³/mol. The zero-order chi connectivity index (χ0) is 12.8. The van der Waals surface area contributed by atoms with Gasteiger partial charge < -0.3 is 15.2 Å². The van der Waals surface area contributed by atoms with Crippen LogP contribution in [0.4, 0.5) is 0 Å². The molecule has 3 heteroatoms. The molecule has 1 saturated carbocycles. The van der Waals surface area contributed by atoms with Crippen LogP contribution in [0.1, 0.15) is 24.0 Å². The van der Waals surface area contributed by atoms with Gasteiger partial charge in [0.2, 0.25) is 0 Å². The van der Waals surface area contributed by atoms with Crippen molar-refractivity contribution in [3.63, 3.8) is 0 Å². The molecule has 2 aliphatic rings. The highest BCUT2D eigenvalue weighted by atomic mass is 16.5. The lowest BCUT2D eigenvalue weighted by atomic mass is 9.59. The van der Waals surface area contributed by atoms with E-state index in [9.17, 15) is 0 Å². The molecule has 3 nitrogen and oxygen atoms in total. The molecule has 18 heavy (non-hydrogen) atoms. The lowest BCUT2D eigenvalue weighted by Gasteiger charge is -2.53. The van der Waals surface area contributed by atoms with Crippen molar-refractivity contribution in [2.24, 2.45) is 11.7 Å². The Kier molecular flexibility index (Phi) is 2.83. The van der Waals surface area contributed by atoms with E-state index in [1.54, 1.807) is 7.11 Å². The van der Waals surface area contributed by atoms with Gasteiger partial charge in [0.05, 0.1) is 20.3 Å². The third-order valence-corrected chi connectivity index (χ3v) is 4.57. The van der Waals surface area contributed by atoms with Crippen molar-refractivity contribution in [1.29, 1.82) is 0 Å². The normalized spacial score (nSPS) is 29.3. The number of hydrogen-bond acceptors (Lipinski definition) is 3. The fourth-order valence-corrected chi connectivity index (χ4v) is 3.26. The second-order valence-electron chi connectivity index (χ2n) is 5.78. The second-order valence-corrected chi connectivity index (χ2v) is 5.78. The minimum atomic E-state index is 0.146. The van der Waals surface area contributed by atoms with Gasteiger partial charge in [-0.2, -0.15) is 0 Å². The first-order chi connectivity index (χ1) is 8.65. The Morgan fingerprint density at radius 2 is 2.06 bits per heavy atom. The first-order valence-corrected chi connectivity index (χ1v) is 6.64. The average Bonchev–Trinajstić information content (AvgIpc) is 2.26. The van der Waals surface area contributed by atoms with E-state index in [0.717, 1.165) is 31.8 Å². The van der Waals surface area contributed by atoms with E-state index in [1.807, 2.05) is 0 Å². The van der Waals surface area contributed by atoms with Gasteiger partial charge in [0, 0.05) is 17.0 Å². The maximum atomic E-state index is 5.95. The third kappa shape index (κ3) is 1.65. The minimum absolute atomic E-state index is 0.146. The van der Waals surface area contributed by atoms with Crippen molar-refractivity contribution >= 4 is 0 Å². The minimum Gasteiger partial charge on any atom is -0.496 e. The van der Waals surface area contributed by atoms with Crippen molar-refractivity contribution in [3.05, 3.63) is 29.3 Å². The van der Waals surface area contributed by atoms with E-state index >= 15 is 0 Å². The molecular weight excluding hydrogens is 226 g/mol. The molecule has 1 heterocycles. The third-order valence-electron chi connectivity index (χ3n) is 4.57. The zero-order valence-electron chi connectivity index (χ0n) is 11.1. The number of hydrogen-bond donors (Lipinski definition) is 1. The van der Waals surface area contributed by atoms with Gasteiger partial charge in [0.1, 0.15) is 5.75 Å². The summed E-state index contributed by atoms with van der Waals surface area (Å²) in [5.74, 6) is 1.64. The van der Waals surface area contributed by atoms with E-state index in [2.05, 4.69) is 25.1 Å². The van der Waals surface area contributed by atoms with Crippen molar-refractivity contribution in [2.75, 3.05) is 20.3 Å². The van der Waals surface area contributed by atoms with Crippen LogP contribution in [0.25, 0.3) is 0 Å². The van der Waals surface area contributed by atoms with E-state index in [-0.39, 0.29) is 5.41 Å². The van der Waals surface area contributed by atoms with Gasteiger partial charge in [0.25, 0.3) is 0 Å². The molecule has 2 fully saturated rings. The summed E-state index contributed by atoms with van der Waals surface area (Å²) in [6.45, 7) is 3.75.